The van der Waals surface area contributed by atoms with Gasteiger partial charge in [0.15, 0.2) is 0 Å². The fourth-order valence-corrected chi connectivity index (χ4v) is 2.09. The number of anilines is 1. The highest BCUT2D eigenvalue weighted by Crippen LogP contribution is 2.29. The molecule has 0 bridgehead atoms. The van der Waals surface area contributed by atoms with Crippen LogP contribution in [0.2, 0.25) is 0 Å². The zero-order valence-corrected chi connectivity index (χ0v) is 13.0. The minimum absolute atomic E-state index is 0.140. The van der Waals surface area contributed by atoms with Crippen molar-refractivity contribution in [2.75, 3.05) is 18.5 Å². The maximum Gasteiger partial charge on any atom is 0.131 e. The molecule has 0 unspecified atom stereocenters. The van der Waals surface area contributed by atoms with Crippen LogP contribution in [0.5, 0.6) is 0 Å². The molecule has 1 rings (SSSR count). The largest absolute Gasteiger partial charge is 0.355 e. The average Bonchev–Trinajstić information content (AvgIpc) is 2.60. The first-order valence-corrected chi connectivity index (χ1v) is 6.82. The van der Waals surface area contributed by atoms with E-state index in [9.17, 15) is 0 Å². The molecule has 1 N–H and O–H groups in total. The summed E-state index contributed by atoms with van der Waals surface area (Å²) in [6.45, 7) is 12.8. The topological polar surface area (TPSA) is 33.1 Å². The van der Waals surface area contributed by atoms with Gasteiger partial charge in [-0.25, -0.2) is 0 Å². The van der Waals surface area contributed by atoms with Crippen LogP contribution in [0, 0.1) is 6.92 Å². The molecular formula is C14H28N4. The van der Waals surface area contributed by atoms with Crippen LogP contribution in [0.3, 0.4) is 0 Å². The van der Waals surface area contributed by atoms with E-state index in [0.29, 0.717) is 0 Å². The van der Waals surface area contributed by atoms with Crippen molar-refractivity contribution in [1.82, 2.24) is 15.1 Å². The predicted octanol–water partition coefficient (Wildman–Crippen LogP) is 2.46. The van der Waals surface area contributed by atoms with E-state index in [1.54, 1.807) is 0 Å². The Kier molecular flexibility index (Phi) is 4.79. The number of rotatable bonds is 6. The Balaban J connectivity index is 3.14. The molecule has 1 aromatic rings. The maximum absolute atomic E-state index is 4.57. The second-order valence-corrected chi connectivity index (χ2v) is 5.52. The summed E-state index contributed by atoms with van der Waals surface area (Å²) in [4.78, 5) is 2.35. The second kappa shape index (κ2) is 5.74. The van der Waals surface area contributed by atoms with Crippen molar-refractivity contribution in [3.63, 3.8) is 0 Å². The Morgan fingerprint density at radius 3 is 2.44 bits per heavy atom. The molecule has 0 aliphatic carbocycles. The van der Waals surface area contributed by atoms with Gasteiger partial charge in [0.2, 0.25) is 0 Å². The van der Waals surface area contributed by atoms with Gasteiger partial charge in [-0.1, -0.05) is 13.8 Å². The van der Waals surface area contributed by atoms with Crippen LogP contribution in [-0.2, 0) is 13.6 Å². The summed E-state index contributed by atoms with van der Waals surface area (Å²) in [5, 5.41) is 7.97. The summed E-state index contributed by atoms with van der Waals surface area (Å²) < 4.78 is 2.00. The Morgan fingerprint density at radius 1 is 1.33 bits per heavy atom. The first-order chi connectivity index (χ1) is 8.35. The number of nitrogens with zero attached hydrogens (tertiary/aromatic N) is 3. The molecule has 0 radical (unpaired) electrons. The van der Waals surface area contributed by atoms with Gasteiger partial charge in [-0.3, -0.25) is 4.68 Å². The third-order valence-corrected chi connectivity index (χ3v) is 3.96. The SMILES string of the molecule is CCNCc1c(C)nn(C)c1N(C)C(C)(C)CC. The van der Waals surface area contributed by atoms with E-state index in [0.717, 1.165) is 25.2 Å². The van der Waals surface area contributed by atoms with Gasteiger partial charge < -0.3 is 10.2 Å². The van der Waals surface area contributed by atoms with Crippen molar-refractivity contribution in [2.24, 2.45) is 7.05 Å². The predicted molar refractivity (Wildman–Crippen MR) is 78.1 cm³/mol. The fraction of sp³-hybridized carbons (Fsp3) is 0.786. The van der Waals surface area contributed by atoms with E-state index in [-0.39, 0.29) is 5.54 Å². The summed E-state index contributed by atoms with van der Waals surface area (Å²) in [7, 11) is 4.19. The van der Waals surface area contributed by atoms with E-state index >= 15 is 0 Å². The highest BCUT2D eigenvalue weighted by atomic mass is 15.4. The first-order valence-electron chi connectivity index (χ1n) is 6.82. The Hall–Kier alpha value is -1.03. The van der Waals surface area contributed by atoms with Crippen LogP contribution in [0.15, 0.2) is 0 Å². The molecule has 0 fully saturated rings. The number of aromatic nitrogens is 2. The molecule has 0 aliphatic heterocycles. The molecule has 104 valence electrons. The molecule has 18 heavy (non-hydrogen) atoms. The summed E-state index contributed by atoms with van der Waals surface area (Å²) >= 11 is 0. The van der Waals surface area contributed by atoms with Gasteiger partial charge in [0, 0.05) is 31.7 Å². The molecule has 0 amide bonds. The summed E-state index contributed by atoms with van der Waals surface area (Å²) in [5.74, 6) is 1.22. The quantitative estimate of drug-likeness (QED) is 0.844. The number of hydrogen-bond donors (Lipinski definition) is 1. The molecule has 0 saturated heterocycles. The molecule has 0 atom stereocenters. The normalized spacial score (nSPS) is 11.9. The Labute approximate surface area is 111 Å². The smallest absolute Gasteiger partial charge is 0.131 e. The van der Waals surface area contributed by atoms with Gasteiger partial charge >= 0.3 is 0 Å². The molecule has 4 nitrogen and oxygen atoms in total. The third kappa shape index (κ3) is 2.86. The third-order valence-electron chi connectivity index (χ3n) is 3.96. The number of aryl methyl sites for hydroxylation is 2. The van der Waals surface area contributed by atoms with Crippen LogP contribution in [-0.4, -0.2) is 28.9 Å². The van der Waals surface area contributed by atoms with Crippen molar-refractivity contribution >= 4 is 5.82 Å². The van der Waals surface area contributed by atoms with Crippen molar-refractivity contribution in [3.8, 4) is 0 Å². The maximum atomic E-state index is 4.57. The molecule has 1 aromatic heterocycles. The van der Waals surface area contributed by atoms with E-state index < -0.39 is 0 Å². The van der Waals surface area contributed by atoms with Crippen LogP contribution >= 0.6 is 0 Å². The standard InChI is InChI=1S/C14H28N4/c1-8-14(4,5)17(6)13-12(10-15-9-2)11(3)16-18(13)7/h15H,8-10H2,1-7H3. The molecule has 0 spiro atoms. The summed E-state index contributed by atoms with van der Waals surface area (Å²) in [6.07, 6.45) is 1.11. The highest BCUT2D eigenvalue weighted by molar-refractivity contribution is 5.51. The zero-order valence-electron chi connectivity index (χ0n) is 13.0. The van der Waals surface area contributed by atoms with Crippen molar-refractivity contribution in [2.45, 2.75) is 53.1 Å². The fourth-order valence-electron chi connectivity index (χ4n) is 2.09. The number of nitrogens with one attached hydrogen (secondary N) is 1. The molecule has 0 aromatic carbocycles. The van der Waals surface area contributed by atoms with Crippen LogP contribution in [0.1, 0.15) is 45.4 Å². The van der Waals surface area contributed by atoms with Crippen molar-refractivity contribution in [1.29, 1.82) is 0 Å². The Morgan fingerprint density at radius 2 is 1.94 bits per heavy atom. The lowest BCUT2D eigenvalue weighted by atomic mass is 9.99. The van der Waals surface area contributed by atoms with Gasteiger partial charge in [0.05, 0.1) is 5.69 Å². The highest BCUT2D eigenvalue weighted by Gasteiger charge is 2.26. The molecule has 4 heteroatoms. The summed E-state index contributed by atoms with van der Waals surface area (Å²) in [6, 6.07) is 0. The first kappa shape index (κ1) is 15.0. The molecule has 0 aliphatic rings. The Bertz CT molecular complexity index is 393. The zero-order chi connectivity index (χ0) is 13.9. The lowest BCUT2D eigenvalue weighted by molar-refractivity contribution is 0.459. The molecule has 1 heterocycles. The van der Waals surface area contributed by atoms with Gasteiger partial charge in [0.25, 0.3) is 0 Å². The number of hydrogen-bond acceptors (Lipinski definition) is 3. The summed E-state index contributed by atoms with van der Waals surface area (Å²) in [5.41, 5.74) is 2.57. The molecular weight excluding hydrogens is 224 g/mol. The monoisotopic (exact) mass is 252 g/mol. The lowest BCUT2D eigenvalue weighted by Gasteiger charge is -2.37. The van der Waals surface area contributed by atoms with Crippen LogP contribution in [0.4, 0.5) is 5.82 Å². The van der Waals surface area contributed by atoms with Gasteiger partial charge in [0.1, 0.15) is 5.82 Å². The van der Waals surface area contributed by atoms with Gasteiger partial charge in [-0.15, -0.1) is 0 Å². The van der Waals surface area contributed by atoms with Crippen LogP contribution in [0.25, 0.3) is 0 Å². The lowest BCUT2D eigenvalue weighted by Crippen LogP contribution is -2.42. The van der Waals surface area contributed by atoms with Crippen LogP contribution < -0.4 is 10.2 Å². The van der Waals surface area contributed by atoms with Gasteiger partial charge in [-0.05, 0) is 33.7 Å². The van der Waals surface area contributed by atoms with Crippen molar-refractivity contribution < 1.29 is 0 Å². The van der Waals surface area contributed by atoms with E-state index in [1.165, 1.54) is 11.4 Å². The molecule has 0 saturated carbocycles. The van der Waals surface area contributed by atoms with Crippen molar-refractivity contribution in [3.05, 3.63) is 11.3 Å². The van der Waals surface area contributed by atoms with Gasteiger partial charge in [-0.2, -0.15) is 5.10 Å². The minimum Gasteiger partial charge on any atom is -0.355 e. The van der Waals surface area contributed by atoms with E-state index in [2.05, 4.69) is 57.0 Å². The van der Waals surface area contributed by atoms with E-state index in [4.69, 9.17) is 0 Å². The van der Waals surface area contributed by atoms with E-state index in [1.807, 2.05) is 11.7 Å². The average molecular weight is 252 g/mol. The second-order valence-electron chi connectivity index (χ2n) is 5.52. The minimum atomic E-state index is 0.140.